The average molecular weight is 364 g/mol. The topological polar surface area (TPSA) is 50.6 Å². The second-order valence-corrected chi connectivity index (χ2v) is 6.85. The van der Waals surface area contributed by atoms with Gasteiger partial charge in [0, 0.05) is 33.2 Å². The normalized spacial score (nSPS) is 15.3. The maximum Gasteiger partial charge on any atom is 0.339 e. The van der Waals surface area contributed by atoms with Crippen LogP contribution < -0.4 is 4.90 Å². The maximum absolute atomic E-state index is 12.0. The van der Waals surface area contributed by atoms with Crippen molar-refractivity contribution in [2.45, 2.75) is 6.54 Å². The van der Waals surface area contributed by atoms with Crippen LogP contribution in [0.2, 0.25) is 0 Å². The van der Waals surface area contributed by atoms with Crippen molar-refractivity contribution in [2.75, 3.05) is 38.2 Å². The summed E-state index contributed by atoms with van der Waals surface area (Å²) >= 11 is 0. The summed E-state index contributed by atoms with van der Waals surface area (Å²) < 4.78 is 7.10. The molecule has 0 radical (unpaired) electrons. The van der Waals surface area contributed by atoms with Crippen LogP contribution >= 0.6 is 0 Å². The number of rotatable bonds is 4. The van der Waals surface area contributed by atoms with E-state index in [4.69, 9.17) is 9.72 Å². The van der Waals surface area contributed by atoms with Crippen molar-refractivity contribution >= 4 is 22.7 Å². The first-order valence-electron chi connectivity index (χ1n) is 9.22. The molecule has 1 fully saturated rings. The number of para-hydroxylation sites is 3. The molecule has 1 aromatic heterocycles. The third-order valence-electron chi connectivity index (χ3n) is 5.27. The number of nitrogens with zero attached hydrogens (tertiary/aromatic N) is 4. The van der Waals surface area contributed by atoms with Gasteiger partial charge in [-0.1, -0.05) is 24.3 Å². The zero-order valence-corrected chi connectivity index (χ0v) is 15.8. The van der Waals surface area contributed by atoms with Gasteiger partial charge in [0.1, 0.15) is 5.82 Å². The van der Waals surface area contributed by atoms with Gasteiger partial charge in [-0.2, -0.15) is 0 Å². The van der Waals surface area contributed by atoms with E-state index in [1.54, 1.807) is 0 Å². The summed E-state index contributed by atoms with van der Waals surface area (Å²) in [6.45, 7) is 4.44. The van der Waals surface area contributed by atoms with E-state index in [0.717, 1.165) is 55.3 Å². The molecule has 0 unspecified atom stereocenters. The van der Waals surface area contributed by atoms with Crippen molar-refractivity contribution < 1.29 is 9.53 Å². The Balaban J connectivity index is 1.45. The molecule has 0 atom stereocenters. The lowest BCUT2D eigenvalue weighted by Gasteiger charge is -2.36. The van der Waals surface area contributed by atoms with Crippen molar-refractivity contribution in [1.29, 1.82) is 0 Å². The molecule has 6 nitrogen and oxygen atoms in total. The second-order valence-electron chi connectivity index (χ2n) is 6.85. The minimum absolute atomic E-state index is 0.285. The van der Waals surface area contributed by atoms with Crippen LogP contribution in [0.25, 0.3) is 11.0 Å². The minimum atomic E-state index is -0.285. The van der Waals surface area contributed by atoms with E-state index in [1.165, 1.54) is 7.11 Å². The summed E-state index contributed by atoms with van der Waals surface area (Å²) in [6.07, 6.45) is 0. The highest BCUT2D eigenvalue weighted by Gasteiger charge is 2.22. The number of imidazole rings is 1. The molecule has 4 rings (SSSR count). The number of hydrogen-bond donors (Lipinski definition) is 0. The van der Waals surface area contributed by atoms with Crippen LogP contribution in [-0.2, 0) is 18.3 Å². The number of aromatic nitrogens is 2. The van der Waals surface area contributed by atoms with Crippen LogP contribution in [0.3, 0.4) is 0 Å². The van der Waals surface area contributed by atoms with E-state index < -0.39 is 0 Å². The molecule has 0 saturated carbocycles. The Labute approximate surface area is 159 Å². The second kappa shape index (κ2) is 7.40. The van der Waals surface area contributed by atoms with Gasteiger partial charge in [-0.25, -0.2) is 9.78 Å². The molecule has 2 heterocycles. The fraction of sp³-hybridized carbons (Fsp3) is 0.333. The molecular weight excluding hydrogens is 340 g/mol. The molecule has 0 amide bonds. The van der Waals surface area contributed by atoms with Gasteiger partial charge >= 0.3 is 5.97 Å². The number of aryl methyl sites for hydroxylation is 1. The van der Waals surface area contributed by atoms with Gasteiger partial charge in [0.2, 0.25) is 0 Å². The van der Waals surface area contributed by atoms with Gasteiger partial charge < -0.3 is 14.2 Å². The number of benzene rings is 2. The molecular formula is C21H24N4O2. The number of hydrogen-bond acceptors (Lipinski definition) is 5. The first-order valence-corrected chi connectivity index (χ1v) is 9.22. The summed E-state index contributed by atoms with van der Waals surface area (Å²) in [5.41, 5.74) is 3.79. The highest BCUT2D eigenvalue weighted by atomic mass is 16.5. The third kappa shape index (κ3) is 3.40. The number of carbonyl (C=O) groups excluding carboxylic acids is 1. The molecule has 1 aliphatic rings. The van der Waals surface area contributed by atoms with E-state index in [1.807, 2.05) is 36.4 Å². The van der Waals surface area contributed by atoms with E-state index in [-0.39, 0.29) is 5.97 Å². The van der Waals surface area contributed by atoms with Gasteiger partial charge in [0.05, 0.1) is 35.9 Å². The van der Waals surface area contributed by atoms with E-state index in [0.29, 0.717) is 5.56 Å². The Hall–Kier alpha value is -2.86. The Morgan fingerprint density at radius 3 is 2.48 bits per heavy atom. The number of ether oxygens (including phenoxy) is 1. The maximum atomic E-state index is 12.0. The highest BCUT2D eigenvalue weighted by Crippen LogP contribution is 2.23. The lowest BCUT2D eigenvalue weighted by molar-refractivity contribution is 0.0601. The summed E-state index contributed by atoms with van der Waals surface area (Å²) in [6, 6.07) is 15.9. The highest BCUT2D eigenvalue weighted by molar-refractivity contribution is 5.95. The monoisotopic (exact) mass is 364 g/mol. The Morgan fingerprint density at radius 2 is 1.74 bits per heavy atom. The largest absolute Gasteiger partial charge is 0.465 e. The first kappa shape index (κ1) is 17.5. The standard InChI is InChI=1S/C21H24N4O2/c1-23-19-10-6-4-8-17(19)22-20(23)15-24-11-13-25(14-12-24)18-9-5-3-7-16(18)21(26)27-2/h3-10H,11-15H2,1-2H3. The van der Waals surface area contributed by atoms with Gasteiger partial charge in [-0.3, -0.25) is 4.90 Å². The molecule has 0 bridgehead atoms. The SMILES string of the molecule is COC(=O)c1ccccc1N1CCN(Cc2nc3ccccc3n2C)CC1. The number of carbonyl (C=O) groups is 1. The predicted molar refractivity (Wildman–Crippen MR) is 106 cm³/mol. The van der Waals surface area contributed by atoms with Gasteiger partial charge in [0.25, 0.3) is 0 Å². The number of fused-ring (bicyclic) bond motifs is 1. The fourth-order valence-electron chi connectivity index (χ4n) is 3.72. The molecule has 2 aromatic carbocycles. The molecule has 0 N–H and O–H groups in total. The van der Waals surface area contributed by atoms with E-state index >= 15 is 0 Å². The minimum Gasteiger partial charge on any atom is -0.465 e. The molecule has 27 heavy (non-hydrogen) atoms. The number of piperazine rings is 1. The van der Waals surface area contributed by atoms with Crippen molar-refractivity contribution in [3.63, 3.8) is 0 Å². The van der Waals surface area contributed by atoms with Crippen LogP contribution in [0.15, 0.2) is 48.5 Å². The summed E-state index contributed by atoms with van der Waals surface area (Å²) in [4.78, 5) is 21.5. The molecule has 0 spiro atoms. The smallest absolute Gasteiger partial charge is 0.339 e. The number of anilines is 1. The predicted octanol–water partition coefficient (Wildman–Crippen LogP) is 2.68. The number of methoxy groups -OCH3 is 1. The molecule has 3 aromatic rings. The Morgan fingerprint density at radius 1 is 1.04 bits per heavy atom. The number of esters is 1. The van der Waals surface area contributed by atoms with Gasteiger partial charge in [0.15, 0.2) is 0 Å². The molecule has 6 heteroatoms. The molecule has 0 aliphatic carbocycles. The van der Waals surface area contributed by atoms with Crippen LogP contribution in [0.5, 0.6) is 0 Å². The van der Waals surface area contributed by atoms with Gasteiger partial charge in [-0.05, 0) is 24.3 Å². The quantitative estimate of drug-likeness (QED) is 0.666. The van der Waals surface area contributed by atoms with E-state index in [2.05, 4.69) is 33.5 Å². The van der Waals surface area contributed by atoms with Gasteiger partial charge in [-0.15, -0.1) is 0 Å². The summed E-state index contributed by atoms with van der Waals surface area (Å²) in [5, 5.41) is 0. The first-order chi connectivity index (χ1) is 13.2. The van der Waals surface area contributed by atoms with Crippen molar-refractivity contribution in [3.05, 3.63) is 59.9 Å². The average Bonchev–Trinajstić information content (AvgIpc) is 3.04. The van der Waals surface area contributed by atoms with Crippen LogP contribution in [0.1, 0.15) is 16.2 Å². The van der Waals surface area contributed by atoms with Crippen LogP contribution in [0.4, 0.5) is 5.69 Å². The van der Waals surface area contributed by atoms with Crippen LogP contribution in [-0.4, -0.2) is 53.7 Å². The zero-order valence-electron chi connectivity index (χ0n) is 15.8. The van der Waals surface area contributed by atoms with Crippen molar-refractivity contribution in [3.8, 4) is 0 Å². The zero-order chi connectivity index (χ0) is 18.8. The Bertz CT molecular complexity index is 958. The molecule has 1 saturated heterocycles. The fourth-order valence-corrected chi connectivity index (χ4v) is 3.72. The molecule has 1 aliphatic heterocycles. The lowest BCUT2D eigenvalue weighted by Crippen LogP contribution is -2.46. The van der Waals surface area contributed by atoms with Crippen LogP contribution in [0, 0.1) is 0 Å². The lowest BCUT2D eigenvalue weighted by atomic mass is 10.1. The summed E-state index contributed by atoms with van der Waals surface area (Å²) in [5.74, 6) is 0.798. The Kier molecular flexibility index (Phi) is 4.81. The van der Waals surface area contributed by atoms with E-state index in [9.17, 15) is 4.79 Å². The van der Waals surface area contributed by atoms with Crippen molar-refractivity contribution in [2.24, 2.45) is 7.05 Å². The molecule has 140 valence electrons. The third-order valence-corrected chi connectivity index (χ3v) is 5.27. The van der Waals surface area contributed by atoms with Crippen molar-refractivity contribution in [1.82, 2.24) is 14.5 Å². The summed E-state index contributed by atoms with van der Waals surface area (Å²) in [7, 11) is 3.50.